The summed E-state index contributed by atoms with van der Waals surface area (Å²) in [4.78, 5) is 21.7. The van der Waals surface area contributed by atoms with Crippen molar-refractivity contribution in [1.82, 2.24) is 0 Å². The molecule has 7 N–H and O–H groups in total. The molecule has 1 aliphatic rings. The van der Waals surface area contributed by atoms with E-state index in [2.05, 4.69) is 4.74 Å². The molecule has 116 valence electrons. The fraction of sp³-hybridized carbons (Fsp3) is 0.800. The first-order valence-corrected chi connectivity index (χ1v) is 5.76. The SMILES string of the molecule is N[C@H]1C(OC(=O)[C@@H](O)CC(=O)O)O[C@H](CO)[C@@H](O)[C@@H]1O. The van der Waals surface area contributed by atoms with Gasteiger partial charge < -0.3 is 40.7 Å². The van der Waals surface area contributed by atoms with E-state index >= 15 is 0 Å². The second-order valence-electron chi connectivity index (χ2n) is 4.33. The summed E-state index contributed by atoms with van der Waals surface area (Å²) in [7, 11) is 0. The molecule has 1 fully saturated rings. The van der Waals surface area contributed by atoms with Gasteiger partial charge in [-0.2, -0.15) is 0 Å². The Morgan fingerprint density at radius 3 is 2.40 bits per heavy atom. The summed E-state index contributed by atoms with van der Waals surface area (Å²) in [5.41, 5.74) is 5.49. The van der Waals surface area contributed by atoms with Crippen LogP contribution in [-0.4, -0.2) is 80.8 Å². The van der Waals surface area contributed by atoms with Crippen molar-refractivity contribution in [2.75, 3.05) is 6.61 Å². The number of esters is 1. The number of aliphatic carboxylic acids is 1. The fourth-order valence-corrected chi connectivity index (χ4v) is 1.65. The van der Waals surface area contributed by atoms with Gasteiger partial charge in [0.1, 0.15) is 18.3 Å². The van der Waals surface area contributed by atoms with Gasteiger partial charge in [0.2, 0.25) is 6.29 Å². The number of ether oxygens (including phenoxy) is 2. The lowest BCUT2D eigenvalue weighted by Gasteiger charge is -2.40. The Kier molecular flexibility index (Phi) is 5.80. The topological polar surface area (TPSA) is 180 Å². The first-order valence-electron chi connectivity index (χ1n) is 5.76. The molecule has 0 aliphatic carbocycles. The fourth-order valence-electron chi connectivity index (χ4n) is 1.65. The zero-order valence-electron chi connectivity index (χ0n) is 10.3. The Bertz CT molecular complexity index is 361. The molecule has 0 bridgehead atoms. The van der Waals surface area contributed by atoms with Crippen molar-refractivity contribution in [2.45, 2.75) is 43.2 Å². The molecule has 1 saturated heterocycles. The lowest BCUT2D eigenvalue weighted by Crippen LogP contribution is -2.63. The van der Waals surface area contributed by atoms with E-state index in [4.69, 9.17) is 20.7 Å². The number of rotatable bonds is 5. The molecule has 0 aromatic heterocycles. The number of aliphatic hydroxyl groups excluding tert-OH is 4. The average molecular weight is 295 g/mol. The Hall–Kier alpha value is -1.30. The van der Waals surface area contributed by atoms with Crippen LogP contribution in [0.15, 0.2) is 0 Å². The Labute approximate surface area is 113 Å². The van der Waals surface area contributed by atoms with E-state index in [0.29, 0.717) is 0 Å². The predicted molar refractivity (Wildman–Crippen MR) is 60.1 cm³/mol. The minimum absolute atomic E-state index is 0.656. The standard InChI is InChI=1S/C10H17NO9/c11-6-8(17)7(16)4(2-12)19-10(6)20-9(18)3(13)1-5(14)15/h3-4,6-8,10,12-13,16-17H,1-2,11H2,(H,14,15)/t3-,4+,6+,7+,8+,10?/m0/s1. The third-order valence-corrected chi connectivity index (χ3v) is 2.80. The quantitative estimate of drug-likeness (QED) is 0.275. The van der Waals surface area contributed by atoms with Crippen molar-refractivity contribution in [2.24, 2.45) is 5.73 Å². The molecule has 6 atom stereocenters. The van der Waals surface area contributed by atoms with E-state index in [0.717, 1.165) is 0 Å². The van der Waals surface area contributed by atoms with Gasteiger partial charge in [-0.05, 0) is 0 Å². The molecule has 10 nitrogen and oxygen atoms in total. The highest BCUT2D eigenvalue weighted by Gasteiger charge is 2.44. The maximum Gasteiger partial charge on any atom is 0.337 e. The smallest absolute Gasteiger partial charge is 0.337 e. The van der Waals surface area contributed by atoms with Crippen LogP contribution in [-0.2, 0) is 19.1 Å². The summed E-state index contributed by atoms with van der Waals surface area (Å²) in [6, 6.07) is -1.31. The van der Waals surface area contributed by atoms with Crippen LogP contribution in [0.5, 0.6) is 0 Å². The highest BCUT2D eigenvalue weighted by atomic mass is 16.7. The monoisotopic (exact) mass is 295 g/mol. The van der Waals surface area contributed by atoms with Crippen LogP contribution in [0.4, 0.5) is 0 Å². The third kappa shape index (κ3) is 3.85. The predicted octanol–water partition coefficient (Wildman–Crippen LogP) is -3.87. The number of nitrogens with two attached hydrogens (primary N) is 1. The van der Waals surface area contributed by atoms with Crippen molar-refractivity contribution >= 4 is 11.9 Å². The molecule has 0 spiro atoms. The maximum atomic E-state index is 11.4. The van der Waals surface area contributed by atoms with Crippen molar-refractivity contribution < 1.29 is 44.6 Å². The van der Waals surface area contributed by atoms with Gasteiger partial charge in [-0.1, -0.05) is 0 Å². The van der Waals surface area contributed by atoms with Crippen LogP contribution in [0.1, 0.15) is 6.42 Å². The minimum Gasteiger partial charge on any atom is -0.481 e. The average Bonchev–Trinajstić information content (AvgIpc) is 2.38. The van der Waals surface area contributed by atoms with Gasteiger partial charge in [0.15, 0.2) is 6.10 Å². The molecular formula is C10H17NO9. The van der Waals surface area contributed by atoms with Crippen LogP contribution in [0.2, 0.25) is 0 Å². The first-order chi connectivity index (χ1) is 9.27. The number of aliphatic hydroxyl groups is 4. The van der Waals surface area contributed by atoms with E-state index in [1.165, 1.54) is 0 Å². The second-order valence-corrected chi connectivity index (χ2v) is 4.33. The molecule has 0 aromatic carbocycles. The zero-order valence-corrected chi connectivity index (χ0v) is 10.3. The summed E-state index contributed by atoms with van der Waals surface area (Å²) in [5, 5.41) is 45.7. The molecule has 0 radical (unpaired) electrons. The Balaban J connectivity index is 2.66. The van der Waals surface area contributed by atoms with Crippen LogP contribution >= 0.6 is 0 Å². The molecular weight excluding hydrogens is 278 g/mol. The lowest BCUT2D eigenvalue weighted by molar-refractivity contribution is -0.262. The summed E-state index contributed by atoms with van der Waals surface area (Å²) in [6.07, 6.45) is -8.51. The second kappa shape index (κ2) is 6.92. The van der Waals surface area contributed by atoms with Crippen LogP contribution in [0.3, 0.4) is 0 Å². The number of hydrogen-bond acceptors (Lipinski definition) is 9. The van der Waals surface area contributed by atoms with E-state index in [1.807, 2.05) is 0 Å². The van der Waals surface area contributed by atoms with Gasteiger partial charge in [0.25, 0.3) is 0 Å². The highest BCUT2D eigenvalue weighted by Crippen LogP contribution is 2.21. The van der Waals surface area contributed by atoms with E-state index in [-0.39, 0.29) is 0 Å². The van der Waals surface area contributed by atoms with Gasteiger partial charge in [-0.3, -0.25) is 4.79 Å². The molecule has 0 amide bonds. The molecule has 1 heterocycles. The van der Waals surface area contributed by atoms with E-state index in [1.54, 1.807) is 0 Å². The molecule has 10 heteroatoms. The molecule has 1 unspecified atom stereocenters. The zero-order chi connectivity index (χ0) is 15.4. The number of carboxylic acids is 1. The van der Waals surface area contributed by atoms with E-state index < -0.39 is 61.7 Å². The minimum atomic E-state index is -1.92. The van der Waals surface area contributed by atoms with Gasteiger partial charge in [0.05, 0.1) is 19.1 Å². The molecule has 1 rings (SSSR count). The molecule has 20 heavy (non-hydrogen) atoms. The third-order valence-electron chi connectivity index (χ3n) is 2.80. The van der Waals surface area contributed by atoms with Gasteiger partial charge >= 0.3 is 11.9 Å². The van der Waals surface area contributed by atoms with Crippen molar-refractivity contribution in [1.29, 1.82) is 0 Å². The lowest BCUT2D eigenvalue weighted by atomic mass is 9.98. The van der Waals surface area contributed by atoms with Crippen LogP contribution in [0.25, 0.3) is 0 Å². The van der Waals surface area contributed by atoms with Crippen LogP contribution in [0, 0.1) is 0 Å². The van der Waals surface area contributed by atoms with Crippen molar-refractivity contribution in [3.8, 4) is 0 Å². The van der Waals surface area contributed by atoms with Gasteiger partial charge in [-0.15, -0.1) is 0 Å². The maximum absolute atomic E-state index is 11.4. The largest absolute Gasteiger partial charge is 0.481 e. The highest BCUT2D eigenvalue weighted by molar-refractivity contribution is 5.80. The Morgan fingerprint density at radius 1 is 1.30 bits per heavy atom. The molecule has 0 saturated carbocycles. The number of hydrogen-bond donors (Lipinski definition) is 6. The summed E-state index contributed by atoms with van der Waals surface area (Å²) in [5.74, 6) is -2.71. The van der Waals surface area contributed by atoms with E-state index in [9.17, 15) is 24.9 Å². The van der Waals surface area contributed by atoms with Gasteiger partial charge in [0, 0.05) is 0 Å². The summed E-state index contributed by atoms with van der Waals surface area (Å²) < 4.78 is 9.61. The van der Waals surface area contributed by atoms with Crippen molar-refractivity contribution in [3.63, 3.8) is 0 Å². The Morgan fingerprint density at radius 2 is 1.90 bits per heavy atom. The number of carboxylic acid groups (broad SMARTS) is 1. The summed E-state index contributed by atoms with van der Waals surface area (Å²) >= 11 is 0. The normalized spacial score (nSPS) is 35.4. The first kappa shape index (κ1) is 16.8. The molecule has 1 aliphatic heterocycles. The molecule has 0 aromatic rings. The van der Waals surface area contributed by atoms with Crippen LogP contribution < -0.4 is 5.73 Å². The van der Waals surface area contributed by atoms with Gasteiger partial charge in [-0.25, -0.2) is 4.79 Å². The number of carbonyl (C=O) groups excluding carboxylic acids is 1. The summed E-state index contributed by atoms with van der Waals surface area (Å²) in [6.45, 7) is -0.656. The number of carbonyl (C=O) groups is 2. The van der Waals surface area contributed by atoms with Crippen molar-refractivity contribution in [3.05, 3.63) is 0 Å².